The molecule has 0 spiro atoms. The van der Waals surface area contributed by atoms with Gasteiger partial charge in [-0.25, -0.2) is 0 Å². The van der Waals surface area contributed by atoms with E-state index >= 15 is 0 Å². The number of rotatable bonds is 3. The van der Waals surface area contributed by atoms with Crippen molar-refractivity contribution in [3.8, 4) is 0 Å². The monoisotopic (exact) mass is 467 g/mol. The maximum Gasteiger partial charge on any atom is 0.290 e. The molecule has 1 aromatic carbocycles. The number of carbonyl (C=O) groups is 3. The first-order chi connectivity index (χ1) is 15.3. The van der Waals surface area contributed by atoms with Gasteiger partial charge in [0.2, 0.25) is 5.91 Å². The Bertz CT molecular complexity index is 832. The Morgan fingerprint density at radius 2 is 1.81 bits per heavy atom. The predicted octanol–water partition coefficient (Wildman–Crippen LogP) is 1.54. The van der Waals surface area contributed by atoms with Crippen LogP contribution in [0, 0.1) is 11.8 Å². The average Bonchev–Trinajstić information content (AvgIpc) is 3.16. The molecule has 9 nitrogen and oxygen atoms in total. The van der Waals surface area contributed by atoms with Crippen molar-refractivity contribution < 1.29 is 29.3 Å². The second-order valence-corrected chi connectivity index (χ2v) is 8.87. The van der Waals surface area contributed by atoms with Crippen molar-refractivity contribution in [1.82, 2.24) is 9.80 Å². The average molecular weight is 468 g/mol. The summed E-state index contributed by atoms with van der Waals surface area (Å²) in [6.45, 7) is 5.68. The fourth-order valence-electron chi connectivity index (χ4n) is 5.01. The van der Waals surface area contributed by atoms with Crippen LogP contribution in [0.5, 0.6) is 0 Å². The summed E-state index contributed by atoms with van der Waals surface area (Å²) in [7, 11) is 0. The molecule has 2 heterocycles. The Hall–Kier alpha value is -2.20. The normalized spacial score (nSPS) is 27.7. The lowest BCUT2D eigenvalue weighted by Crippen LogP contribution is -2.53. The van der Waals surface area contributed by atoms with E-state index in [1.807, 2.05) is 4.90 Å². The Balaban J connectivity index is 0.000000913. The number of hydrogen-bond donors (Lipinski definition) is 3. The third-order valence-electron chi connectivity index (χ3n) is 6.43. The number of anilines is 1. The van der Waals surface area contributed by atoms with Gasteiger partial charge in [-0.05, 0) is 42.9 Å². The topological polar surface area (TPSA) is 119 Å². The highest BCUT2D eigenvalue weighted by Gasteiger charge is 2.45. The van der Waals surface area contributed by atoms with Crippen LogP contribution in [-0.4, -0.2) is 89.8 Å². The molecule has 1 saturated carbocycles. The van der Waals surface area contributed by atoms with E-state index in [-0.39, 0.29) is 30.4 Å². The largest absolute Gasteiger partial charge is 0.483 e. The summed E-state index contributed by atoms with van der Waals surface area (Å²) >= 11 is 6.33. The van der Waals surface area contributed by atoms with Gasteiger partial charge >= 0.3 is 0 Å². The number of carbonyl (C=O) groups excluding carboxylic acids is 2. The molecule has 4 rings (SSSR count). The first-order valence-corrected chi connectivity index (χ1v) is 11.2. The number of morpholine rings is 1. The molecular weight excluding hydrogens is 438 g/mol. The first-order valence-electron chi connectivity index (χ1n) is 10.8. The van der Waals surface area contributed by atoms with Gasteiger partial charge in [0.25, 0.3) is 12.4 Å². The summed E-state index contributed by atoms with van der Waals surface area (Å²) in [6.07, 6.45) is 1.28. The van der Waals surface area contributed by atoms with Crippen LogP contribution in [0.1, 0.15) is 30.1 Å². The summed E-state index contributed by atoms with van der Waals surface area (Å²) in [4.78, 5) is 36.8. The third-order valence-corrected chi connectivity index (χ3v) is 6.74. The molecule has 10 heteroatoms. The van der Waals surface area contributed by atoms with Crippen molar-refractivity contribution in [2.75, 3.05) is 44.7 Å². The highest BCUT2D eigenvalue weighted by atomic mass is 35.5. The van der Waals surface area contributed by atoms with Crippen LogP contribution in [0.2, 0.25) is 5.02 Å². The van der Waals surface area contributed by atoms with Gasteiger partial charge in [0.1, 0.15) is 0 Å². The minimum absolute atomic E-state index is 0.0869. The molecule has 3 aliphatic rings. The lowest BCUT2D eigenvalue weighted by atomic mass is 9.77. The van der Waals surface area contributed by atoms with Gasteiger partial charge < -0.3 is 25.2 Å². The molecule has 0 bridgehead atoms. The van der Waals surface area contributed by atoms with E-state index in [2.05, 4.69) is 10.2 Å². The van der Waals surface area contributed by atoms with Gasteiger partial charge in [0.05, 0.1) is 29.9 Å². The smallest absolute Gasteiger partial charge is 0.290 e. The number of amides is 2. The molecule has 4 atom stereocenters. The van der Waals surface area contributed by atoms with Gasteiger partial charge in [-0.15, -0.1) is 0 Å². The van der Waals surface area contributed by atoms with E-state index in [1.54, 1.807) is 18.2 Å². The molecule has 1 aromatic rings. The molecule has 176 valence electrons. The Labute approximate surface area is 192 Å². The van der Waals surface area contributed by atoms with Crippen LogP contribution >= 0.6 is 11.6 Å². The Kier molecular flexibility index (Phi) is 8.47. The molecule has 2 aliphatic heterocycles. The molecule has 1 aliphatic carbocycles. The van der Waals surface area contributed by atoms with Gasteiger partial charge in [0, 0.05) is 44.8 Å². The number of carboxylic acid groups (broad SMARTS) is 1. The maximum absolute atomic E-state index is 13.1. The minimum Gasteiger partial charge on any atom is -0.483 e. The molecule has 2 saturated heterocycles. The predicted molar refractivity (Wildman–Crippen MR) is 119 cm³/mol. The second kappa shape index (κ2) is 11.1. The fraction of sp³-hybridized carbons (Fsp3) is 0.591. The SMILES string of the molecule is CC(=O)Nc1ccc(C(=O)N2C[C@H]3C[C@@H](N4CCOCC4)[C@H](O)C[C@H]3C2)c(Cl)c1.O=CO. The number of halogens is 1. The zero-order valence-electron chi connectivity index (χ0n) is 18.1. The maximum atomic E-state index is 13.1. The summed E-state index contributed by atoms with van der Waals surface area (Å²) in [6, 6.07) is 5.12. The number of aliphatic hydroxyl groups is 1. The summed E-state index contributed by atoms with van der Waals surface area (Å²) in [5.41, 5.74) is 1.02. The number of ether oxygens (including phenoxy) is 1. The Morgan fingerprint density at radius 3 is 2.41 bits per heavy atom. The van der Waals surface area contributed by atoms with Crippen molar-refractivity contribution in [1.29, 1.82) is 0 Å². The Morgan fingerprint density at radius 1 is 1.19 bits per heavy atom. The molecule has 0 radical (unpaired) electrons. The second-order valence-electron chi connectivity index (χ2n) is 8.47. The van der Waals surface area contributed by atoms with E-state index in [0.29, 0.717) is 41.2 Å². The molecule has 0 aromatic heterocycles. The lowest BCUT2D eigenvalue weighted by molar-refractivity contribution is -0.123. The summed E-state index contributed by atoms with van der Waals surface area (Å²) < 4.78 is 5.44. The molecular formula is C22H30ClN3O6. The molecule has 32 heavy (non-hydrogen) atoms. The fourth-order valence-corrected chi connectivity index (χ4v) is 5.28. The van der Waals surface area contributed by atoms with E-state index in [1.165, 1.54) is 6.92 Å². The highest BCUT2D eigenvalue weighted by molar-refractivity contribution is 6.34. The van der Waals surface area contributed by atoms with Crippen molar-refractivity contribution in [3.05, 3.63) is 28.8 Å². The van der Waals surface area contributed by atoms with Crippen LogP contribution in [0.25, 0.3) is 0 Å². The number of aliphatic hydroxyl groups excluding tert-OH is 1. The van der Waals surface area contributed by atoms with Crippen molar-refractivity contribution >= 4 is 35.6 Å². The molecule has 0 unspecified atom stereocenters. The van der Waals surface area contributed by atoms with Gasteiger partial charge in [-0.1, -0.05) is 11.6 Å². The standard InChI is InChI=1S/C21H28ClN3O4.CH2O2/c1-13(26)23-16-2-3-17(18(22)10-16)21(28)25-11-14-8-19(20(27)9-15(14)12-25)24-4-6-29-7-5-24;2-1-3/h2-3,10,14-15,19-20,27H,4-9,11-12H2,1H3,(H,23,26);1H,(H,2,3)/t14-,15+,19-,20-;/m1./s1. The zero-order chi connectivity index (χ0) is 23.3. The molecule has 3 N–H and O–H groups in total. The summed E-state index contributed by atoms with van der Waals surface area (Å²) in [5.74, 6) is 0.449. The summed E-state index contributed by atoms with van der Waals surface area (Å²) in [5, 5.41) is 20.6. The highest BCUT2D eigenvalue weighted by Crippen LogP contribution is 2.39. The van der Waals surface area contributed by atoms with Crippen LogP contribution in [0.15, 0.2) is 18.2 Å². The molecule has 3 fully saturated rings. The first kappa shape index (κ1) is 24.4. The van der Waals surface area contributed by atoms with E-state index in [0.717, 1.165) is 39.1 Å². The van der Waals surface area contributed by atoms with Crippen molar-refractivity contribution in [3.63, 3.8) is 0 Å². The lowest BCUT2D eigenvalue weighted by Gasteiger charge is -2.43. The van der Waals surface area contributed by atoms with Crippen LogP contribution in [0.3, 0.4) is 0 Å². The number of fused-ring (bicyclic) bond motifs is 1. The number of benzene rings is 1. The van der Waals surface area contributed by atoms with Gasteiger partial charge in [-0.2, -0.15) is 0 Å². The molecule has 2 amide bonds. The van der Waals surface area contributed by atoms with Crippen LogP contribution < -0.4 is 5.32 Å². The zero-order valence-corrected chi connectivity index (χ0v) is 18.8. The number of nitrogens with zero attached hydrogens (tertiary/aromatic N) is 2. The van der Waals surface area contributed by atoms with Gasteiger partial charge in [0.15, 0.2) is 0 Å². The number of likely N-dealkylation sites (tertiary alicyclic amines) is 1. The van der Waals surface area contributed by atoms with Gasteiger partial charge in [-0.3, -0.25) is 19.3 Å². The van der Waals surface area contributed by atoms with E-state index < -0.39 is 0 Å². The van der Waals surface area contributed by atoms with Crippen LogP contribution in [0.4, 0.5) is 5.69 Å². The van der Waals surface area contributed by atoms with Crippen molar-refractivity contribution in [2.45, 2.75) is 31.9 Å². The van der Waals surface area contributed by atoms with E-state index in [9.17, 15) is 14.7 Å². The van der Waals surface area contributed by atoms with E-state index in [4.69, 9.17) is 26.2 Å². The van der Waals surface area contributed by atoms with Crippen LogP contribution in [-0.2, 0) is 14.3 Å². The number of nitrogens with one attached hydrogen (secondary N) is 1. The number of hydrogen-bond acceptors (Lipinski definition) is 6. The quantitative estimate of drug-likeness (QED) is 0.577. The van der Waals surface area contributed by atoms with Crippen molar-refractivity contribution in [2.24, 2.45) is 11.8 Å². The third kappa shape index (κ3) is 5.78. The minimum atomic E-state index is -0.357.